The van der Waals surface area contributed by atoms with Gasteiger partial charge in [-0.15, -0.1) is 0 Å². The monoisotopic (exact) mass is 442 g/mol. The molecule has 2 aliphatic rings. The highest BCUT2D eigenvalue weighted by Gasteiger charge is 2.39. The molecular weight excluding hydrogens is 411 g/mol. The van der Waals surface area contributed by atoms with Crippen LogP contribution in [0.2, 0.25) is 0 Å². The highest BCUT2D eigenvalue weighted by atomic mass is 19.1. The minimum absolute atomic E-state index is 0.249. The van der Waals surface area contributed by atoms with Gasteiger partial charge in [-0.3, -0.25) is 9.69 Å². The number of halogens is 1. The minimum atomic E-state index is -0.933. The highest BCUT2D eigenvalue weighted by molar-refractivity contribution is 5.81. The molecule has 2 saturated heterocycles. The van der Waals surface area contributed by atoms with Gasteiger partial charge >= 0.3 is 0 Å². The number of hydrogen-bond acceptors (Lipinski definition) is 6. The lowest BCUT2D eigenvalue weighted by molar-refractivity contribution is -0.125. The van der Waals surface area contributed by atoms with Crippen molar-refractivity contribution >= 4 is 17.3 Å². The third kappa shape index (κ3) is 4.81. The molecule has 3 N–H and O–H groups in total. The Labute approximate surface area is 188 Å². The second-order valence-electron chi connectivity index (χ2n) is 8.70. The van der Waals surface area contributed by atoms with Crippen LogP contribution in [0, 0.1) is 5.82 Å². The largest absolute Gasteiger partial charge is 0.497 e. The Morgan fingerprint density at radius 3 is 2.41 bits per heavy atom. The van der Waals surface area contributed by atoms with E-state index in [1.54, 1.807) is 19.2 Å². The van der Waals surface area contributed by atoms with Crippen molar-refractivity contribution in [1.29, 1.82) is 0 Å². The number of hydrogen-bond donors (Lipinski definition) is 2. The number of rotatable bonds is 6. The number of piperazine rings is 1. The zero-order chi connectivity index (χ0) is 22.7. The zero-order valence-electron chi connectivity index (χ0n) is 18.4. The topological polar surface area (TPSA) is 82.3 Å². The SMILES string of the molecule is COc1ccc(N2CCN(CC3(O)CCN(c4ccccc4F)CC3)[C@@H](C(N)=O)C2)cc1. The average molecular weight is 443 g/mol. The summed E-state index contributed by atoms with van der Waals surface area (Å²) in [6.07, 6.45) is 1.01. The summed E-state index contributed by atoms with van der Waals surface area (Å²) < 4.78 is 19.3. The van der Waals surface area contributed by atoms with Gasteiger partial charge in [0.15, 0.2) is 0 Å². The lowest BCUT2D eigenvalue weighted by Crippen LogP contribution is -2.62. The van der Waals surface area contributed by atoms with Crippen LogP contribution in [0.3, 0.4) is 0 Å². The lowest BCUT2D eigenvalue weighted by atomic mass is 9.89. The molecule has 2 heterocycles. The normalized spacial score (nSPS) is 21.4. The molecule has 172 valence electrons. The number of piperidine rings is 1. The maximum Gasteiger partial charge on any atom is 0.236 e. The Morgan fingerprint density at radius 1 is 1.09 bits per heavy atom. The van der Waals surface area contributed by atoms with Crippen LogP contribution in [0.5, 0.6) is 5.75 Å². The number of methoxy groups -OCH3 is 1. The number of para-hydroxylation sites is 1. The van der Waals surface area contributed by atoms with Crippen LogP contribution in [0.1, 0.15) is 12.8 Å². The van der Waals surface area contributed by atoms with Crippen molar-refractivity contribution in [3.8, 4) is 5.75 Å². The van der Waals surface area contributed by atoms with E-state index in [9.17, 15) is 14.3 Å². The van der Waals surface area contributed by atoms with Crippen molar-refractivity contribution in [3.63, 3.8) is 0 Å². The number of anilines is 2. The standard InChI is InChI=1S/C24H31FN4O3/c1-32-19-8-6-18(7-9-19)28-14-15-29(22(16-28)23(26)30)17-24(31)10-12-27(13-11-24)21-5-3-2-4-20(21)25/h2-9,22,31H,10-17H2,1H3,(H2,26,30)/t22-/m1/s1. The van der Waals surface area contributed by atoms with Gasteiger partial charge in [-0.1, -0.05) is 12.1 Å². The van der Waals surface area contributed by atoms with E-state index < -0.39 is 17.6 Å². The van der Waals surface area contributed by atoms with Crippen molar-refractivity contribution in [3.05, 3.63) is 54.3 Å². The smallest absolute Gasteiger partial charge is 0.236 e. The lowest BCUT2D eigenvalue weighted by Gasteiger charge is -2.46. The van der Waals surface area contributed by atoms with Gasteiger partial charge in [-0.2, -0.15) is 0 Å². The molecule has 0 spiro atoms. The van der Waals surface area contributed by atoms with Crippen LogP contribution in [0.4, 0.5) is 15.8 Å². The number of carbonyl (C=O) groups excluding carboxylic acids is 1. The summed E-state index contributed by atoms with van der Waals surface area (Å²) in [5.41, 5.74) is 6.39. The number of aliphatic hydroxyl groups is 1. The first-order valence-corrected chi connectivity index (χ1v) is 11.0. The fourth-order valence-corrected chi connectivity index (χ4v) is 4.72. The van der Waals surface area contributed by atoms with E-state index >= 15 is 0 Å². The number of ether oxygens (including phenoxy) is 1. The molecule has 0 bridgehead atoms. The van der Waals surface area contributed by atoms with Crippen LogP contribution in [-0.4, -0.2) is 73.9 Å². The van der Waals surface area contributed by atoms with Gasteiger partial charge in [0.25, 0.3) is 0 Å². The van der Waals surface area contributed by atoms with E-state index in [2.05, 4.69) is 4.90 Å². The molecule has 0 unspecified atom stereocenters. The summed E-state index contributed by atoms with van der Waals surface area (Å²) in [6.45, 7) is 3.32. The van der Waals surface area contributed by atoms with Crippen molar-refractivity contribution in [2.24, 2.45) is 5.73 Å². The summed E-state index contributed by atoms with van der Waals surface area (Å²) in [6, 6.07) is 14.0. The van der Waals surface area contributed by atoms with E-state index in [0.29, 0.717) is 51.3 Å². The van der Waals surface area contributed by atoms with E-state index in [0.717, 1.165) is 18.0 Å². The minimum Gasteiger partial charge on any atom is -0.497 e. The predicted molar refractivity (Wildman–Crippen MR) is 123 cm³/mol. The van der Waals surface area contributed by atoms with Crippen LogP contribution < -0.4 is 20.3 Å². The van der Waals surface area contributed by atoms with Gasteiger partial charge in [-0.05, 0) is 49.2 Å². The number of nitrogens with two attached hydrogens (primary N) is 1. The van der Waals surface area contributed by atoms with Crippen molar-refractivity contribution in [2.75, 3.05) is 56.2 Å². The summed E-state index contributed by atoms with van der Waals surface area (Å²) in [5.74, 6) is 0.139. The van der Waals surface area contributed by atoms with Gasteiger partial charge in [0.2, 0.25) is 5.91 Å². The zero-order valence-corrected chi connectivity index (χ0v) is 18.4. The Morgan fingerprint density at radius 2 is 1.78 bits per heavy atom. The second-order valence-corrected chi connectivity index (χ2v) is 8.70. The maximum atomic E-state index is 14.1. The maximum absolute atomic E-state index is 14.1. The van der Waals surface area contributed by atoms with Gasteiger partial charge in [-0.25, -0.2) is 4.39 Å². The molecule has 8 heteroatoms. The molecule has 0 saturated carbocycles. The molecule has 0 aromatic heterocycles. The first kappa shape index (κ1) is 22.4. The molecule has 32 heavy (non-hydrogen) atoms. The van der Waals surface area contributed by atoms with Gasteiger partial charge in [0.1, 0.15) is 17.6 Å². The first-order valence-electron chi connectivity index (χ1n) is 11.0. The quantitative estimate of drug-likeness (QED) is 0.711. The highest BCUT2D eigenvalue weighted by Crippen LogP contribution is 2.30. The molecule has 2 fully saturated rings. The van der Waals surface area contributed by atoms with Crippen LogP contribution >= 0.6 is 0 Å². The third-order valence-corrected chi connectivity index (χ3v) is 6.64. The molecule has 1 atom stereocenters. The number of amides is 1. The van der Waals surface area contributed by atoms with Crippen molar-refractivity contribution in [2.45, 2.75) is 24.5 Å². The Kier molecular flexibility index (Phi) is 6.53. The molecule has 2 aliphatic heterocycles. The molecular formula is C24H31FN4O3. The van der Waals surface area contributed by atoms with Gasteiger partial charge in [0.05, 0.1) is 18.4 Å². The van der Waals surface area contributed by atoms with Crippen molar-refractivity contribution in [1.82, 2.24) is 4.90 Å². The third-order valence-electron chi connectivity index (χ3n) is 6.64. The Hall–Kier alpha value is -2.84. The average Bonchev–Trinajstić information content (AvgIpc) is 2.80. The Bertz CT molecular complexity index is 931. The predicted octanol–water partition coefficient (Wildman–Crippen LogP) is 1.84. The first-order chi connectivity index (χ1) is 15.4. The van der Waals surface area contributed by atoms with Gasteiger partial charge < -0.3 is 25.4 Å². The molecule has 2 aromatic carbocycles. The molecule has 1 amide bonds. The summed E-state index contributed by atoms with van der Waals surface area (Å²) >= 11 is 0. The van der Waals surface area contributed by atoms with Crippen LogP contribution in [-0.2, 0) is 4.79 Å². The molecule has 7 nitrogen and oxygen atoms in total. The summed E-state index contributed by atoms with van der Waals surface area (Å²) in [4.78, 5) is 18.4. The van der Waals surface area contributed by atoms with Crippen molar-refractivity contribution < 1.29 is 19.0 Å². The second kappa shape index (κ2) is 9.34. The summed E-state index contributed by atoms with van der Waals surface area (Å²) in [7, 11) is 1.63. The number of primary amides is 1. The van der Waals surface area contributed by atoms with Gasteiger partial charge in [0, 0.05) is 45.0 Å². The van der Waals surface area contributed by atoms with E-state index in [-0.39, 0.29) is 5.82 Å². The molecule has 2 aromatic rings. The van der Waals surface area contributed by atoms with E-state index in [1.807, 2.05) is 40.1 Å². The fraction of sp³-hybridized carbons (Fsp3) is 0.458. The van der Waals surface area contributed by atoms with Crippen LogP contribution in [0.15, 0.2) is 48.5 Å². The summed E-state index contributed by atoms with van der Waals surface area (Å²) in [5, 5.41) is 11.3. The van der Waals surface area contributed by atoms with Crippen LogP contribution in [0.25, 0.3) is 0 Å². The number of benzene rings is 2. The number of β-amino-alcohol motifs (C(OH)–C–C–N with tert-alkyl or cyclic N) is 1. The Balaban J connectivity index is 1.39. The van der Waals surface area contributed by atoms with E-state index in [4.69, 9.17) is 10.5 Å². The molecule has 0 aliphatic carbocycles. The molecule has 4 rings (SSSR count). The number of carbonyl (C=O) groups is 1. The fourth-order valence-electron chi connectivity index (χ4n) is 4.72. The number of nitrogens with zero attached hydrogens (tertiary/aromatic N) is 3. The van der Waals surface area contributed by atoms with E-state index in [1.165, 1.54) is 6.07 Å². The molecule has 0 radical (unpaired) electrons.